The standard InChI is InChI=1S/C26H29FN4O3/c1-18-4-3-5-19(2)26(18)29-23(32)17-30-12-14-31(15-13-30)25(33)11-10-24-28-16-22(34-24)20-6-8-21(27)9-7-20/h3-9,16H,10-15,17H2,1-2H3,(H,29,32). The smallest absolute Gasteiger partial charge is 0.238 e. The SMILES string of the molecule is Cc1cccc(C)c1NC(=O)CN1CCN(C(=O)CCc2ncc(-c3ccc(F)cc3)o2)CC1. The zero-order valence-electron chi connectivity index (χ0n) is 19.5. The molecule has 0 aliphatic carbocycles. The summed E-state index contributed by atoms with van der Waals surface area (Å²) in [6, 6.07) is 11.9. The number of hydrogen-bond acceptors (Lipinski definition) is 5. The van der Waals surface area contributed by atoms with Crippen molar-refractivity contribution in [1.82, 2.24) is 14.8 Å². The van der Waals surface area contributed by atoms with Crippen LogP contribution in [0.5, 0.6) is 0 Å². The number of aromatic nitrogens is 1. The molecule has 0 saturated carbocycles. The number of carbonyl (C=O) groups is 2. The molecule has 2 aromatic carbocycles. The number of nitrogens with one attached hydrogen (secondary N) is 1. The van der Waals surface area contributed by atoms with Crippen LogP contribution in [0.3, 0.4) is 0 Å². The highest BCUT2D eigenvalue weighted by atomic mass is 19.1. The van der Waals surface area contributed by atoms with E-state index in [0.29, 0.717) is 57.2 Å². The summed E-state index contributed by atoms with van der Waals surface area (Å²) in [4.78, 5) is 33.3. The first kappa shape index (κ1) is 23.6. The molecule has 1 N–H and O–H groups in total. The lowest BCUT2D eigenvalue weighted by atomic mass is 10.1. The summed E-state index contributed by atoms with van der Waals surface area (Å²) in [6.45, 7) is 6.74. The van der Waals surface area contributed by atoms with Gasteiger partial charge in [0, 0.05) is 50.3 Å². The molecule has 3 aromatic rings. The minimum Gasteiger partial charge on any atom is -0.441 e. The Hall–Kier alpha value is -3.52. The molecule has 0 atom stereocenters. The van der Waals surface area contributed by atoms with Crippen molar-refractivity contribution in [3.05, 3.63) is 71.5 Å². The summed E-state index contributed by atoms with van der Waals surface area (Å²) in [7, 11) is 0. The van der Waals surface area contributed by atoms with Gasteiger partial charge in [-0.15, -0.1) is 0 Å². The first-order chi connectivity index (χ1) is 16.4. The molecule has 34 heavy (non-hydrogen) atoms. The first-order valence-electron chi connectivity index (χ1n) is 11.5. The molecule has 1 aliphatic rings. The number of piperazine rings is 1. The Kier molecular flexibility index (Phi) is 7.37. The predicted octanol–water partition coefficient (Wildman–Crippen LogP) is 3.81. The summed E-state index contributed by atoms with van der Waals surface area (Å²) >= 11 is 0. The van der Waals surface area contributed by atoms with Crippen molar-refractivity contribution in [2.45, 2.75) is 26.7 Å². The van der Waals surface area contributed by atoms with Crippen molar-refractivity contribution in [2.24, 2.45) is 0 Å². The lowest BCUT2D eigenvalue weighted by Gasteiger charge is -2.34. The number of carbonyl (C=O) groups excluding carboxylic acids is 2. The second-order valence-corrected chi connectivity index (χ2v) is 8.60. The molecule has 0 spiro atoms. The number of benzene rings is 2. The van der Waals surface area contributed by atoms with Crippen molar-refractivity contribution in [1.29, 1.82) is 0 Å². The van der Waals surface area contributed by atoms with Gasteiger partial charge in [0.05, 0.1) is 12.7 Å². The van der Waals surface area contributed by atoms with Crippen molar-refractivity contribution in [2.75, 3.05) is 38.0 Å². The van der Waals surface area contributed by atoms with E-state index in [1.165, 1.54) is 12.1 Å². The zero-order valence-corrected chi connectivity index (χ0v) is 19.5. The van der Waals surface area contributed by atoms with Gasteiger partial charge in [0.2, 0.25) is 11.8 Å². The fourth-order valence-corrected chi connectivity index (χ4v) is 4.09. The maximum Gasteiger partial charge on any atom is 0.238 e. The molecule has 0 bridgehead atoms. The normalized spacial score (nSPS) is 14.3. The number of nitrogens with zero attached hydrogens (tertiary/aromatic N) is 3. The van der Waals surface area contributed by atoms with Crippen LogP contribution < -0.4 is 5.32 Å². The Labute approximate surface area is 198 Å². The fourth-order valence-electron chi connectivity index (χ4n) is 4.09. The largest absolute Gasteiger partial charge is 0.441 e. The molecule has 2 heterocycles. The molecule has 1 saturated heterocycles. The highest BCUT2D eigenvalue weighted by Gasteiger charge is 2.23. The van der Waals surface area contributed by atoms with E-state index < -0.39 is 0 Å². The van der Waals surface area contributed by atoms with Crippen LogP contribution >= 0.6 is 0 Å². The Morgan fingerprint density at radius 1 is 1.03 bits per heavy atom. The Balaban J connectivity index is 1.21. The second-order valence-electron chi connectivity index (χ2n) is 8.60. The summed E-state index contributed by atoms with van der Waals surface area (Å²) < 4.78 is 18.8. The van der Waals surface area contributed by atoms with E-state index in [2.05, 4.69) is 15.2 Å². The minimum absolute atomic E-state index is 0.0427. The van der Waals surface area contributed by atoms with Crippen LogP contribution in [0, 0.1) is 19.7 Å². The Bertz CT molecular complexity index is 1130. The molecule has 1 aliphatic heterocycles. The third kappa shape index (κ3) is 5.88. The monoisotopic (exact) mass is 464 g/mol. The Morgan fingerprint density at radius 3 is 2.38 bits per heavy atom. The van der Waals surface area contributed by atoms with Crippen molar-refractivity contribution in [3.8, 4) is 11.3 Å². The van der Waals surface area contributed by atoms with Crippen molar-refractivity contribution < 1.29 is 18.4 Å². The minimum atomic E-state index is -0.309. The maximum absolute atomic E-state index is 13.1. The van der Waals surface area contributed by atoms with Crippen LogP contribution in [0.1, 0.15) is 23.4 Å². The average molecular weight is 465 g/mol. The quantitative estimate of drug-likeness (QED) is 0.575. The molecule has 1 aromatic heterocycles. The fraction of sp³-hybridized carbons (Fsp3) is 0.346. The second kappa shape index (κ2) is 10.6. The molecular formula is C26H29FN4O3. The topological polar surface area (TPSA) is 78.7 Å². The van der Waals surface area contributed by atoms with Gasteiger partial charge in [-0.1, -0.05) is 18.2 Å². The number of rotatable bonds is 7. The highest BCUT2D eigenvalue weighted by molar-refractivity contribution is 5.93. The van der Waals surface area contributed by atoms with Gasteiger partial charge in [-0.2, -0.15) is 0 Å². The molecule has 0 radical (unpaired) electrons. The van der Waals surface area contributed by atoms with Crippen molar-refractivity contribution in [3.63, 3.8) is 0 Å². The number of amides is 2. The molecule has 8 heteroatoms. The van der Waals surface area contributed by atoms with Gasteiger partial charge >= 0.3 is 0 Å². The van der Waals surface area contributed by atoms with E-state index in [1.807, 2.05) is 36.9 Å². The van der Waals surface area contributed by atoms with Gasteiger partial charge in [-0.25, -0.2) is 9.37 Å². The van der Waals surface area contributed by atoms with Gasteiger partial charge in [0.15, 0.2) is 11.7 Å². The number of anilines is 1. The van der Waals surface area contributed by atoms with E-state index in [9.17, 15) is 14.0 Å². The lowest BCUT2D eigenvalue weighted by molar-refractivity contribution is -0.133. The van der Waals surface area contributed by atoms with Crippen LogP contribution in [0.4, 0.5) is 10.1 Å². The summed E-state index contributed by atoms with van der Waals surface area (Å²) in [6.07, 6.45) is 2.30. The van der Waals surface area contributed by atoms with Crippen molar-refractivity contribution >= 4 is 17.5 Å². The third-order valence-electron chi connectivity index (χ3n) is 6.07. The van der Waals surface area contributed by atoms with E-state index in [0.717, 1.165) is 22.4 Å². The number of aryl methyl sites for hydroxylation is 3. The zero-order chi connectivity index (χ0) is 24.1. The molecule has 1 fully saturated rings. The van der Waals surface area contributed by atoms with E-state index in [-0.39, 0.29) is 17.6 Å². The van der Waals surface area contributed by atoms with Gasteiger partial charge in [-0.05, 0) is 49.2 Å². The Morgan fingerprint density at radius 2 is 1.71 bits per heavy atom. The number of hydrogen-bond donors (Lipinski definition) is 1. The van der Waals surface area contributed by atoms with Gasteiger partial charge in [0.1, 0.15) is 5.82 Å². The van der Waals surface area contributed by atoms with Crippen LogP contribution in [0.15, 0.2) is 53.1 Å². The molecule has 4 rings (SSSR count). The highest BCUT2D eigenvalue weighted by Crippen LogP contribution is 2.22. The summed E-state index contributed by atoms with van der Waals surface area (Å²) in [5.74, 6) is 0.722. The van der Waals surface area contributed by atoms with Gasteiger partial charge < -0.3 is 14.6 Å². The predicted molar refractivity (Wildman–Crippen MR) is 128 cm³/mol. The molecule has 178 valence electrons. The van der Waals surface area contributed by atoms with Crippen LogP contribution in [-0.2, 0) is 16.0 Å². The number of oxazole rings is 1. The molecule has 0 unspecified atom stereocenters. The van der Waals surface area contributed by atoms with E-state index in [1.54, 1.807) is 18.3 Å². The van der Waals surface area contributed by atoms with Crippen LogP contribution in [-0.4, -0.2) is 59.3 Å². The molecular weight excluding hydrogens is 435 g/mol. The summed E-state index contributed by atoms with van der Waals surface area (Å²) in [5.41, 5.74) is 3.69. The third-order valence-corrected chi connectivity index (χ3v) is 6.07. The van der Waals surface area contributed by atoms with E-state index >= 15 is 0 Å². The van der Waals surface area contributed by atoms with E-state index in [4.69, 9.17) is 4.42 Å². The van der Waals surface area contributed by atoms with Crippen LogP contribution in [0.25, 0.3) is 11.3 Å². The lowest BCUT2D eigenvalue weighted by Crippen LogP contribution is -2.50. The maximum atomic E-state index is 13.1. The van der Waals surface area contributed by atoms with Gasteiger partial charge in [-0.3, -0.25) is 14.5 Å². The summed E-state index contributed by atoms with van der Waals surface area (Å²) in [5, 5.41) is 3.02. The first-order valence-corrected chi connectivity index (χ1v) is 11.5. The number of para-hydroxylation sites is 1. The molecule has 2 amide bonds. The molecule has 7 nitrogen and oxygen atoms in total. The average Bonchev–Trinajstić information content (AvgIpc) is 3.30. The van der Waals surface area contributed by atoms with Gasteiger partial charge in [0.25, 0.3) is 0 Å². The number of halogens is 1. The van der Waals surface area contributed by atoms with Crippen LogP contribution in [0.2, 0.25) is 0 Å².